The van der Waals surface area contributed by atoms with E-state index in [9.17, 15) is 9.59 Å². The van der Waals surface area contributed by atoms with Crippen LogP contribution in [0.15, 0.2) is 53.1 Å². The summed E-state index contributed by atoms with van der Waals surface area (Å²) in [5, 5.41) is 4.12. The van der Waals surface area contributed by atoms with Gasteiger partial charge in [0.1, 0.15) is 0 Å². The van der Waals surface area contributed by atoms with Gasteiger partial charge in [-0.1, -0.05) is 59.3 Å². The molecule has 0 N–H and O–H groups in total. The monoisotopic (exact) mass is 473 g/mol. The number of carbonyl (C=O) groups is 2. The Hall–Kier alpha value is -3.52. The fourth-order valence-corrected chi connectivity index (χ4v) is 5.03. The SMILES string of the molecule is CC(=O)N1CCc2ccccc2C1CC(=O)N1CCN(Cc2nc(-c3ccc(C)cc3)no2)CC1. The van der Waals surface area contributed by atoms with E-state index in [1.165, 1.54) is 11.1 Å². The molecular formula is C27H31N5O3. The number of aromatic nitrogens is 2. The number of amides is 2. The van der Waals surface area contributed by atoms with Gasteiger partial charge in [-0.2, -0.15) is 4.98 Å². The lowest BCUT2D eigenvalue weighted by Gasteiger charge is -2.39. The summed E-state index contributed by atoms with van der Waals surface area (Å²) in [4.78, 5) is 36.0. The molecule has 2 aromatic carbocycles. The van der Waals surface area contributed by atoms with E-state index in [0.29, 0.717) is 44.3 Å². The third kappa shape index (κ3) is 5.12. The highest BCUT2D eigenvalue weighted by Gasteiger charge is 2.32. The molecular weight excluding hydrogens is 442 g/mol. The Balaban J connectivity index is 1.17. The van der Waals surface area contributed by atoms with Gasteiger partial charge in [0.25, 0.3) is 0 Å². The first kappa shape index (κ1) is 23.2. The third-order valence-electron chi connectivity index (χ3n) is 7.05. The molecule has 0 spiro atoms. The molecule has 35 heavy (non-hydrogen) atoms. The minimum absolute atomic E-state index is 0.0201. The summed E-state index contributed by atoms with van der Waals surface area (Å²) in [5.74, 6) is 1.29. The van der Waals surface area contributed by atoms with Gasteiger partial charge < -0.3 is 14.3 Å². The standard InChI is InChI=1S/C27H31N5O3/c1-19-7-9-22(10-8-19)27-28-25(35-29-27)18-30-13-15-31(16-14-30)26(34)17-24-23-6-4-3-5-21(23)11-12-32(24)20(2)33/h3-10,24H,11-18H2,1-2H3. The van der Waals surface area contributed by atoms with Crippen molar-refractivity contribution in [2.45, 2.75) is 39.3 Å². The molecule has 2 amide bonds. The maximum Gasteiger partial charge on any atom is 0.241 e. The molecule has 2 aliphatic heterocycles. The number of fused-ring (bicyclic) bond motifs is 1. The zero-order chi connectivity index (χ0) is 24.4. The molecule has 182 valence electrons. The topological polar surface area (TPSA) is 82.8 Å². The first-order valence-corrected chi connectivity index (χ1v) is 12.2. The molecule has 3 heterocycles. The smallest absolute Gasteiger partial charge is 0.241 e. The van der Waals surface area contributed by atoms with E-state index in [1.54, 1.807) is 6.92 Å². The molecule has 8 nitrogen and oxygen atoms in total. The Bertz CT molecular complexity index is 1200. The van der Waals surface area contributed by atoms with Gasteiger partial charge in [-0.15, -0.1) is 0 Å². The summed E-state index contributed by atoms with van der Waals surface area (Å²) in [7, 11) is 0. The molecule has 0 saturated carbocycles. The Kier molecular flexibility index (Phi) is 6.63. The van der Waals surface area contributed by atoms with Gasteiger partial charge in [0.2, 0.25) is 23.5 Å². The molecule has 3 aromatic rings. The second-order valence-electron chi connectivity index (χ2n) is 9.42. The quantitative estimate of drug-likeness (QED) is 0.566. The van der Waals surface area contributed by atoms with Crippen molar-refractivity contribution >= 4 is 11.8 Å². The van der Waals surface area contributed by atoms with Crippen LogP contribution in [0, 0.1) is 6.92 Å². The van der Waals surface area contributed by atoms with Crippen LogP contribution in [0.5, 0.6) is 0 Å². The normalized spacial score (nSPS) is 18.4. The van der Waals surface area contributed by atoms with Crippen molar-refractivity contribution in [2.24, 2.45) is 0 Å². The highest BCUT2D eigenvalue weighted by molar-refractivity contribution is 5.80. The van der Waals surface area contributed by atoms with E-state index in [1.807, 2.05) is 53.1 Å². The van der Waals surface area contributed by atoms with Gasteiger partial charge in [-0.05, 0) is 24.5 Å². The van der Waals surface area contributed by atoms with Crippen LogP contribution in [0.3, 0.4) is 0 Å². The van der Waals surface area contributed by atoms with Crippen molar-refractivity contribution in [1.82, 2.24) is 24.8 Å². The van der Waals surface area contributed by atoms with Gasteiger partial charge in [0.05, 0.1) is 19.0 Å². The first-order valence-electron chi connectivity index (χ1n) is 12.2. The van der Waals surface area contributed by atoms with Crippen molar-refractivity contribution in [3.05, 3.63) is 71.1 Å². The zero-order valence-electron chi connectivity index (χ0n) is 20.3. The van der Waals surface area contributed by atoms with E-state index in [-0.39, 0.29) is 17.9 Å². The number of carbonyl (C=O) groups excluding carboxylic acids is 2. The van der Waals surface area contributed by atoms with Crippen molar-refractivity contribution < 1.29 is 14.1 Å². The lowest BCUT2D eigenvalue weighted by atomic mass is 9.90. The van der Waals surface area contributed by atoms with Crippen molar-refractivity contribution in [3.63, 3.8) is 0 Å². The van der Waals surface area contributed by atoms with Crippen LogP contribution in [0.1, 0.15) is 42.0 Å². The Morgan fingerprint density at radius 1 is 1.00 bits per heavy atom. The average Bonchev–Trinajstić information content (AvgIpc) is 3.33. The minimum Gasteiger partial charge on any atom is -0.340 e. The zero-order valence-corrected chi connectivity index (χ0v) is 20.3. The first-order chi connectivity index (χ1) is 17.0. The number of nitrogens with zero attached hydrogens (tertiary/aromatic N) is 5. The molecule has 8 heteroatoms. The number of piperazine rings is 1. The van der Waals surface area contributed by atoms with E-state index in [2.05, 4.69) is 27.2 Å². The molecule has 5 rings (SSSR count). The maximum atomic E-state index is 13.2. The molecule has 0 aliphatic carbocycles. The van der Waals surface area contributed by atoms with Crippen LogP contribution in [0.25, 0.3) is 11.4 Å². The number of hydrogen-bond acceptors (Lipinski definition) is 6. The highest BCUT2D eigenvalue weighted by Crippen LogP contribution is 2.33. The Morgan fingerprint density at radius 2 is 1.74 bits per heavy atom. The average molecular weight is 474 g/mol. The number of aryl methyl sites for hydroxylation is 1. The molecule has 1 unspecified atom stereocenters. The third-order valence-corrected chi connectivity index (χ3v) is 7.05. The van der Waals surface area contributed by atoms with Crippen LogP contribution in [-0.4, -0.2) is 69.4 Å². The summed E-state index contributed by atoms with van der Waals surface area (Å²) in [6.07, 6.45) is 1.15. The van der Waals surface area contributed by atoms with Crippen molar-refractivity contribution in [1.29, 1.82) is 0 Å². The molecule has 1 saturated heterocycles. The van der Waals surface area contributed by atoms with Crippen LogP contribution in [0.4, 0.5) is 0 Å². The lowest BCUT2D eigenvalue weighted by molar-refractivity contribution is -0.137. The Labute approximate surface area is 205 Å². The second-order valence-corrected chi connectivity index (χ2v) is 9.42. The number of hydrogen-bond donors (Lipinski definition) is 0. The van der Waals surface area contributed by atoms with E-state index >= 15 is 0 Å². The molecule has 1 atom stereocenters. The van der Waals surface area contributed by atoms with E-state index < -0.39 is 0 Å². The van der Waals surface area contributed by atoms with E-state index in [0.717, 1.165) is 30.6 Å². The summed E-state index contributed by atoms with van der Waals surface area (Å²) in [5.41, 5.74) is 4.45. The summed E-state index contributed by atoms with van der Waals surface area (Å²) < 4.78 is 5.47. The van der Waals surface area contributed by atoms with Crippen LogP contribution in [-0.2, 0) is 22.6 Å². The summed E-state index contributed by atoms with van der Waals surface area (Å²) >= 11 is 0. The minimum atomic E-state index is -0.193. The predicted molar refractivity (Wildman–Crippen MR) is 131 cm³/mol. The predicted octanol–water partition coefficient (Wildman–Crippen LogP) is 3.23. The Morgan fingerprint density at radius 3 is 2.49 bits per heavy atom. The number of benzene rings is 2. The van der Waals surface area contributed by atoms with Gasteiger partial charge in [-0.25, -0.2) is 0 Å². The van der Waals surface area contributed by atoms with Gasteiger partial charge in [0.15, 0.2) is 0 Å². The molecule has 1 aromatic heterocycles. The molecule has 2 aliphatic rings. The van der Waals surface area contributed by atoms with Crippen molar-refractivity contribution in [3.8, 4) is 11.4 Å². The lowest BCUT2D eigenvalue weighted by Crippen LogP contribution is -2.49. The highest BCUT2D eigenvalue weighted by atomic mass is 16.5. The van der Waals surface area contributed by atoms with E-state index in [4.69, 9.17) is 4.52 Å². The van der Waals surface area contributed by atoms with Gasteiger partial charge in [-0.3, -0.25) is 14.5 Å². The van der Waals surface area contributed by atoms with Gasteiger partial charge >= 0.3 is 0 Å². The second kappa shape index (κ2) is 10.00. The van der Waals surface area contributed by atoms with Gasteiger partial charge in [0, 0.05) is 45.2 Å². The fraction of sp³-hybridized carbons (Fsp3) is 0.407. The number of rotatable bonds is 5. The fourth-order valence-electron chi connectivity index (χ4n) is 5.03. The molecule has 0 bridgehead atoms. The van der Waals surface area contributed by atoms with Crippen LogP contribution >= 0.6 is 0 Å². The largest absolute Gasteiger partial charge is 0.340 e. The van der Waals surface area contributed by atoms with Crippen LogP contribution in [0.2, 0.25) is 0 Å². The summed E-state index contributed by atoms with van der Waals surface area (Å²) in [6, 6.07) is 16.0. The molecule has 0 radical (unpaired) electrons. The maximum absolute atomic E-state index is 13.2. The summed E-state index contributed by atoms with van der Waals surface area (Å²) in [6.45, 7) is 7.63. The molecule has 1 fully saturated rings. The van der Waals surface area contributed by atoms with Crippen LogP contribution < -0.4 is 0 Å². The van der Waals surface area contributed by atoms with Crippen molar-refractivity contribution in [2.75, 3.05) is 32.7 Å².